The molecule has 0 saturated heterocycles. The van der Waals surface area contributed by atoms with Crippen molar-refractivity contribution in [2.24, 2.45) is 0 Å². The molecule has 0 amide bonds. The Hall–Kier alpha value is -1.66. The number of fused-ring (bicyclic) bond motifs is 8. The summed E-state index contributed by atoms with van der Waals surface area (Å²) in [6.45, 7) is 18.7. The number of nitrogens with zero attached hydrogens (tertiary/aromatic N) is 2. The molecule has 3 aliphatic rings. The van der Waals surface area contributed by atoms with Crippen molar-refractivity contribution >= 4 is 0 Å². The SMILES string of the molecule is CCC1=C(CC)C2Cc3[n-]c(c(CC)c3CC)CC3NC(Cc4[n-]c(c(CC)c4CC)CC1N2)C(CC)=C3CC.[O]=[V+2]. The molecule has 5 rings (SSSR count). The van der Waals surface area contributed by atoms with Crippen molar-refractivity contribution < 1.29 is 21.0 Å². The average Bonchev–Trinajstić information content (AvgIpc) is 3.73. The van der Waals surface area contributed by atoms with E-state index >= 15 is 0 Å². The maximum atomic E-state index is 8.19. The van der Waals surface area contributed by atoms with Gasteiger partial charge >= 0.3 is 21.0 Å². The van der Waals surface area contributed by atoms with Crippen LogP contribution in [0.25, 0.3) is 0 Å². The molecule has 0 aliphatic carbocycles. The summed E-state index contributed by atoms with van der Waals surface area (Å²) in [5, 5.41) is 8.28. The van der Waals surface area contributed by atoms with Crippen molar-refractivity contribution in [3.8, 4) is 0 Å². The summed E-state index contributed by atoms with van der Waals surface area (Å²) in [5.74, 6) is 0. The van der Waals surface area contributed by atoms with Crippen LogP contribution in [0.4, 0.5) is 0 Å². The molecule has 3 aliphatic heterocycles. The second-order valence-electron chi connectivity index (χ2n) is 12.2. The molecular weight excluding hydrogens is 555 g/mol. The molecule has 4 unspecified atom stereocenters. The summed E-state index contributed by atoms with van der Waals surface area (Å²) in [4.78, 5) is 11.0. The zero-order valence-electron chi connectivity index (χ0n) is 27.5. The first-order valence-electron chi connectivity index (χ1n) is 16.9. The Morgan fingerprint density at radius 2 is 0.667 bits per heavy atom. The van der Waals surface area contributed by atoms with E-state index in [1.807, 2.05) is 0 Å². The van der Waals surface area contributed by atoms with Crippen LogP contribution < -0.4 is 20.6 Å². The van der Waals surface area contributed by atoms with E-state index in [1.54, 1.807) is 22.3 Å². The summed E-state index contributed by atoms with van der Waals surface area (Å²) < 4.78 is 8.19. The predicted molar refractivity (Wildman–Crippen MR) is 169 cm³/mol. The van der Waals surface area contributed by atoms with Crippen LogP contribution in [-0.4, -0.2) is 24.2 Å². The van der Waals surface area contributed by atoms with Gasteiger partial charge in [-0.2, -0.15) is 22.8 Å². The van der Waals surface area contributed by atoms with E-state index < -0.39 is 0 Å². The standard InChI is InChI=1S/C36H54N4.O.V/c1-9-21-22(10-2)30-18-32-25(13-5)26(14-6)34(39-32)20-36-28(16-8)27(15-7)35(40-36)19-33-24(12-4)23(11-3)31(38-33)17-29(21)37-30;;/h29-30,35-37,40H,9-20H2,1-8H3;;/q-2;;+2. The fourth-order valence-corrected chi connectivity index (χ4v) is 8.82. The molecule has 8 bridgehead atoms. The summed E-state index contributed by atoms with van der Waals surface area (Å²) in [6.07, 6.45) is 12.8. The van der Waals surface area contributed by atoms with Crippen molar-refractivity contribution in [2.75, 3.05) is 0 Å². The fourth-order valence-electron chi connectivity index (χ4n) is 8.82. The van der Waals surface area contributed by atoms with Crippen LogP contribution in [0.1, 0.15) is 126 Å². The van der Waals surface area contributed by atoms with Crippen LogP contribution in [0.3, 0.4) is 0 Å². The Kier molecular flexibility index (Phi) is 11.8. The quantitative estimate of drug-likeness (QED) is 0.333. The minimum absolute atomic E-state index is 0.382. The molecule has 2 aromatic rings. The summed E-state index contributed by atoms with van der Waals surface area (Å²) in [5.41, 5.74) is 18.0. The van der Waals surface area contributed by atoms with Gasteiger partial charge in [0.25, 0.3) is 0 Å². The van der Waals surface area contributed by atoms with E-state index in [4.69, 9.17) is 13.6 Å². The predicted octanol–water partition coefficient (Wildman–Crippen LogP) is 6.53. The van der Waals surface area contributed by atoms with Gasteiger partial charge in [-0.05, 0) is 77.0 Å². The monoisotopic (exact) mass is 609 g/mol. The third-order valence-electron chi connectivity index (χ3n) is 10.5. The molecule has 0 saturated carbocycles. The van der Waals surface area contributed by atoms with Crippen molar-refractivity contribution in [3.63, 3.8) is 0 Å². The Balaban J connectivity index is 0.00000198. The fraction of sp³-hybridized carbons (Fsp3) is 0.667. The minimum atomic E-state index is 0.382. The molecule has 0 aromatic carbocycles. The molecular formula is C36H54N4OV. The van der Waals surface area contributed by atoms with Crippen molar-refractivity contribution in [3.05, 3.63) is 67.3 Å². The number of rotatable bonds is 8. The number of hydrogen-bond donors (Lipinski definition) is 2. The Morgan fingerprint density at radius 1 is 0.452 bits per heavy atom. The van der Waals surface area contributed by atoms with Gasteiger partial charge in [0.05, 0.1) is 0 Å². The number of aromatic nitrogens is 2. The third-order valence-corrected chi connectivity index (χ3v) is 10.5. The van der Waals surface area contributed by atoms with E-state index in [2.05, 4.69) is 66.0 Å². The molecule has 4 atom stereocenters. The molecule has 0 spiro atoms. The molecule has 5 heterocycles. The zero-order valence-corrected chi connectivity index (χ0v) is 28.9. The van der Waals surface area contributed by atoms with Gasteiger partial charge in [0.2, 0.25) is 0 Å². The molecule has 0 radical (unpaired) electrons. The first kappa shape index (κ1) is 33.2. The Labute approximate surface area is 264 Å². The zero-order chi connectivity index (χ0) is 30.6. The molecule has 229 valence electrons. The van der Waals surface area contributed by atoms with Gasteiger partial charge < -0.3 is 20.6 Å². The van der Waals surface area contributed by atoms with Crippen LogP contribution in [0.2, 0.25) is 0 Å². The van der Waals surface area contributed by atoms with E-state index in [0.29, 0.717) is 24.2 Å². The second kappa shape index (κ2) is 14.9. The number of hydrogen-bond acceptors (Lipinski definition) is 3. The van der Waals surface area contributed by atoms with Crippen molar-refractivity contribution in [1.29, 1.82) is 0 Å². The van der Waals surface area contributed by atoms with Gasteiger partial charge in [0, 0.05) is 24.2 Å². The van der Waals surface area contributed by atoms with Gasteiger partial charge in [-0.3, -0.25) is 0 Å². The van der Waals surface area contributed by atoms with Gasteiger partial charge in [-0.15, -0.1) is 0 Å². The topological polar surface area (TPSA) is 69.3 Å². The Bertz CT molecular complexity index is 1110. The normalized spacial score (nSPS) is 24.0. The average molecular weight is 610 g/mol. The van der Waals surface area contributed by atoms with Crippen LogP contribution in [-0.2, 0) is 72.4 Å². The molecule has 2 N–H and O–H groups in total. The van der Waals surface area contributed by atoms with Crippen LogP contribution in [0.15, 0.2) is 22.3 Å². The van der Waals surface area contributed by atoms with Crippen molar-refractivity contribution in [2.45, 2.75) is 157 Å². The first-order chi connectivity index (χ1) is 20.5. The van der Waals surface area contributed by atoms with E-state index in [0.717, 1.165) is 94.4 Å². The first-order valence-corrected chi connectivity index (χ1v) is 17.5. The number of nitrogens with one attached hydrogen (secondary N) is 2. The maximum absolute atomic E-state index is 8.19. The summed E-state index contributed by atoms with van der Waals surface area (Å²) in [7, 11) is 0. The second-order valence-corrected chi connectivity index (χ2v) is 12.2. The van der Waals surface area contributed by atoms with Gasteiger partial charge in [-0.25, -0.2) is 0 Å². The van der Waals surface area contributed by atoms with Crippen LogP contribution in [0.5, 0.6) is 0 Å². The molecule has 2 aromatic heterocycles. The van der Waals surface area contributed by atoms with Crippen LogP contribution in [0, 0.1) is 0 Å². The summed E-state index contributed by atoms with van der Waals surface area (Å²) in [6, 6.07) is 1.53. The molecule has 42 heavy (non-hydrogen) atoms. The molecule has 0 fully saturated rings. The van der Waals surface area contributed by atoms with Gasteiger partial charge in [0.15, 0.2) is 0 Å². The van der Waals surface area contributed by atoms with Gasteiger partial charge in [-0.1, -0.05) is 99.9 Å². The Morgan fingerprint density at radius 3 is 0.833 bits per heavy atom. The van der Waals surface area contributed by atoms with Crippen molar-refractivity contribution in [1.82, 2.24) is 20.6 Å². The van der Waals surface area contributed by atoms with Crippen LogP contribution >= 0.6 is 0 Å². The molecule has 6 heteroatoms. The van der Waals surface area contributed by atoms with E-state index in [-0.39, 0.29) is 0 Å². The summed E-state index contributed by atoms with van der Waals surface area (Å²) >= 11 is 1.06. The van der Waals surface area contributed by atoms with Gasteiger partial charge in [0.1, 0.15) is 0 Å². The molecule has 5 nitrogen and oxygen atoms in total. The third kappa shape index (κ3) is 6.01. The van der Waals surface area contributed by atoms with E-state index in [1.165, 1.54) is 45.0 Å². The van der Waals surface area contributed by atoms with E-state index in [9.17, 15) is 0 Å².